The minimum atomic E-state index is -0.0504. The van der Waals surface area contributed by atoms with E-state index in [4.69, 9.17) is 4.74 Å². The molecule has 0 aromatic heterocycles. The molecule has 4 heteroatoms. The summed E-state index contributed by atoms with van der Waals surface area (Å²) in [5.41, 5.74) is 2.03. The Balaban J connectivity index is 2.03. The minimum Gasteiger partial charge on any atom is -0.382 e. The van der Waals surface area contributed by atoms with Crippen LogP contribution in [0.5, 0.6) is 0 Å². The maximum absolute atomic E-state index is 11.1. The van der Waals surface area contributed by atoms with Gasteiger partial charge in [-0.05, 0) is 38.0 Å². The number of amides is 1. The van der Waals surface area contributed by atoms with Gasteiger partial charge < -0.3 is 15.4 Å². The average Bonchev–Trinajstić information content (AvgIpc) is 2.45. The zero-order chi connectivity index (χ0) is 15.5. The monoisotopic (exact) mass is 290 g/mol. The van der Waals surface area contributed by atoms with Gasteiger partial charge in [0.1, 0.15) is 0 Å². The van der Waals surface area contributed by atoms with E-state index in [1.54, 1.807) is 0 Å². The maximum atomic E-state index is 11.1. The van der Waals surface area contributed by atoms with Crippen LogP contribution >= 0.6 is 0 Å². The number of anilines is 2. The van der Waals surface area contributed by atoms with Crippen molar-refractivity contribution in [3.63, 3.8) is 0 Å². The number of ether oxygens (including phenoxy) is 1. The molecule has 4 nitrogen and oxygen atoms in total. The molecule has 1 aromatic rings. The number of benzene rings is 1. The Morgan fingerprint density at radius 3 is 2.71 bits per heavy atom. The van der Waals surface area contributed by atoms with Gasteiger partial charge in [0, 0.05) is 36.4 Å². The lowest BCUT2D eigenvalue weighted by atomic mass is 9.61. The van der Waals surface area contributed by atoms with Gasteiger partial charge in [0.05, 0.1) is 6.10 Å². The molecule has 0 bridgehead atoms. The van der Waals surface area contributed by atoms with Gasteiger partial charge >= 0.3 is 0 Å². The quantitative estimate of drug-likeness (QED) is 0.841. The lowest BCUT2D eigenvalue weighted by molar-refractivity contribution is -0.114. The van der Waals surface area contributed by atoms with Crippen molar-refractivity contribution < 1.29 is 9.53 Å². The Bertz CT molecular complexity index is 503. The van der Waals surface area contributed by atoms with Gasteiger partial charge in [-0.25, -0.2) is 0 Å². The molecular formula is C17H26N2O2. The van der Waals surface area contributed by atoms with Crippen LogP contribution in [0.25, 0.3) is 0 Å². The summed E-state index contributed by atoms with van der Waals surface area (Å²) < 4.78 is 5.83. The lowest BCUT2D eigenvalue weighted by Gasteiger charge is -2.54. The van der Waals surface area contributed by atoms with Crippen LogP contribution in [0, 0.1) is 5.41 Å². The minimum absolute atomic E-state index is 0.0504. The summed E-state index contributed by atoms with van der Waals surface area (Å²) in [6.45, 7) is 8.84. The van der Waals surface area contributed by atoms with Gasteiger partial charge in [-0.1, -0.05) is 19.9 Å². The molecule has 0 saturated heterocycles. The molecule has 3 unspecified atom stereocenters. The first kappa shape index (κ1) is 15.8. The van der Waals surface area contributed by atoms with E-state index in [0.717, 1.165) is 30.8 Å². The number of hydrogen-bond donors (Lipinski definition) is 2. The topological polar surface area (TPSA) is 50.4 Å². The van der Waals surface area contributed by atoms with Crippen molar-refractivity contribution in [1.82, 2.24) is 0 Å². The van der Waals surface area contributed by atoms with E-state index in [2.05, 4.69) is 24.5 Å². The van der Waals surface area contributed by atoms with E-state index in [1.165, 1.54) is 6.92 Å². The van der Waals surface area contributed by atoms with Crippen LogP contribution < -0.4 is 10.6 Å². The highest BCUT2D eigenvalue weighted by Crippen LogP contribution is 2.47. The fraction of sp³-hybridized carbons (Fsp3) is 0.588. The summed E-state index contributed by atoms with van der Waals surface area (Å²) in [4.78, 5) is 11.1. The smallest absolute Gasteiger partial charge is 0.221 e. The number of nitrogens with one attached hydrogen (secondary N) is 2. The summed E-state index contributed by atoms with van der Waals surface area (Å²) >= 11 is 0. The Kier molecular flexibility index (Phi) is 4.88. The second kappa shape index (κ2) is 6.48. The molecule has 1 aliphatic rings. The first-order valence-corrected chi connectivity index (χ1v) is 7.75. The Morgan fingerprint density at radius 1 is 1.38 bits per heavy atom. The SMILES string of the molecule is CCOC1CC(Nc2cccc(NC(C)=O)c2)C1(C)CC. The van der Waals surface area contributed by atoms with Crippen LogP contribution in [0.2, 0.25) is 0 Å². The van der Waals surface area contributed by atoms with Crippen molar-refractivity contribution in [3.05, 3.63) is 24.3 Å². The van der Waals surface area contributed by atoms with Gasteiger partial charge in [-0.3, -0.25) is 4.79 Å². The highest BCUT2D eigenvalue weighted by molar-refractivity contribution is 5.89. The Labute approximate surface area is 127 Å². The zero-order valence-corrected chi connectivity index (χ0v) is 13.4. The molecule has 1 aromatic carbocycles. The molecule has 116 valence electrons. The number of carbonyl (C=O) groups excluding carboxylic acids is 1. The van der Waals surface area contributed by atoms with Crippen LogP contribution in [0.15, 0.2) is 24.3 Å². The zero-order valence-electron chi connectivity index (χ0n) is 13.4. The fourth-order valence-electron chi connectivity index (χ4n) is 3.07. The largest absolute Gasteiger partial charge is 0.382 e. The van der Waals surface area contributed by atoms with Crippen molar-refractivity contribution in [2.75, 3.05) is 17.2 Å². The molecule has 0 heterocycles. The van der Waals surface area contributed by atoms with E-state index in [-0.39, 0.29) is 11.3 Å². The van der Waals surface area contributed by atoms with Crippen LogP contribution in [-0.4, -0.2) is 24.7 Å². The third kappa shape index (κ3) is 3.38. The molecule has 1 fully saturated rings. The van der Waals surface area contributed by atoms with Gasteiger partial charge in [0.15, 0.2) is 0 Å². The fourth-order valence-corrected chi connectivity index (χ4v) is 3.07. The van der Waals surface area contributed by atoms with Crippen molar-refractivity contribution in [1.29, 1.82) is 0 Å². The van der Waals surface area contributed by atoms with Crippen LogP contribution in [0.3, 0.4) is 0 Å². The van der Waals surface area contributed by atoms with E-state index in [9.17, 15) is 4.79 Å². The van der Waals surface area contributed by atoms with Crippen molar-refractivity contribution in [2.24, 2.45) is 5.41 Å². The van der Waals surface area contributed by atoms with Crippen LogP contribution in [0.4, 0.5) is 11.4 Å². The van der Waals surface area contributed by atoms with E-state index in [0.29, 0.717) is 12.1 Å². The molecule has 2 N–H and O–H groups in total. The second-order valence-corrected chi connectivity index (χ2v) is 6.00. The molecule has 1 saturated carbocycles. The predicted molar refractivity (Wildman–Crippen MR) is 86.6 cm³/mol. The first-order valence-electron chi connectivity index (χ1n) is 7.75. The number of rotatable bonds is 6. The number of hydrogen-bond acceptors (Lipinski definition) is 3. The van der Waals surface area contributed by atoms with Gasteiger partial charge in [0.25, 0.3) is 0 Å². The maximum Gasteiger partial charge on any atom is 0.221 e. The number of carbonyl (C=O) groups is 1. The summed E-state index contributed by atoms with van der Waals surface area (Å²) in [6.07, 6.45) is 2.45. The third-order valence-corrected chi connectivity index (χ3v) is 4.63. The molecular weight excluding hydrogens is 264 g/mol. The van der Waals surface area contributed by atoms with E-state index >= 15 is 0 Å². The standard InChI is InChI=1S/C17H26N2O2/c1-5-17(4)15(11-16(17)21-6-2)19-14-9-7-8-13(10-14)18-12(3)20/h7-10,15-16,19H,5-6,11H2,1-4H3,(H,18,20). The Morgan fingerprint density at radius 2 is 2.10 bits per heavy atom. The summed E-state index contributed by atoms with van der Waals surface area (Å²) in [5, 5.41) is 6.41. The molecule has 0 spiro atoms. The Hall–Kier alpha value is -1.55. The molecule has 1 amide bonds. The van der Waals surface area contributed by atoms with Gasteiger partial charge in [0.2, 0.25) is 5.91 Å². The van der Waals surface area contributed by atoms with Crippen molar-refractivity contribution in [2.45, 2.75) is 52.7 Å². The van der Waals surface area contributed by atoms with Gasteiger partial charge in [-0.2, -0.15) is 0 Å². The molecule has 3 atom stereocenters. The second-order valence-electron chi connectivity index (χ2n) is 6.00. The molecule has 0 radical (unpaired) electrons. The molecule has 0 aliphatic heterocycles. The molecule has 21 heavy (non-hydrogen) atoms. The third-order valence-electron chi connectivity index (χ3n) is 4.63. The summed E-state index contributed by atoms with van der Waals surface area (Å²) in [6, 6.07) is 8.28. The molecule has 1 aliphatic carbocycles. The molecule has 2 rings (SSSR count). The lowest BCUT2D eigenvalue weighted by Crippen LogP contribution is -2.59. The van der Waals surface area contributed by atoms with Crippen molar-refractivity contribution in [3.8, 4) is 0 Å². The summed E-state index contributed by atoms with van der Waals surface area (Å²) in [7, 11) is 0. The first-order chi connectivity index (χ1) is 9.99. The van der Waals surface area contributed by atoms with Gasteiger partial charge in [-0.15, -0.1) is 0 Å². The predicted octanol–water partition coefficient (Wildman–Crippen LogP) is 3.65. The van der Waals surface area contributed by atoms with Crippen LogP contribution in [-0.2, 0) is 9.53 Å². The van der Waals surface area contributed by atoms with Crippen LogP contribution in [0.1, 0.15) is 40.5 Å². The summed E-state index contributed by atoms with van der Waals surface area (Å²) in [5.74, 6) is -0.0504. The van der Waals surface area contributed by atoms with E-state index < -0.39 is 0 Å². The van der Waals surface area contributed by atoms with E-state index in [1.807, 2.05) is 31.2 Å². The highest BCUT2D eigenvalue weighted by Gasteiger charge is 2.51. The highest BCUT2D eigenvalue weighted by atomic mass is 16.5. The van der Waals surface area contributed by atoms with Crippen molar-refractivity contribution >= 4 is 17.3 Å². The normalized spacial score (nSPS) is 27.8. The average molecular weight is 290 g/mol.